The highest BCUT2D eigenvalue weighted by atomic mass is 16.3. The van der Waals surface area contributed by atoms with Gasteiger partial charge in [0.2, 0.25) is 0 Å². The maximum absolute atomic E-state index is 8.88. The Hall–Kier alpha value is -5.34. The molecule has 0 fully saturated rings. The van der Waals surface area contributed by atoms with Crippen molar-refractivity contribution < 1.29 is 15.7 Å². The van der Waals surface area contributed by atoms with Crippen LogP contribution in [0.1, 0.15) is 6.85 Å². The summed E-state index contributed by atoms with van der Waals surface area (Å²) in [5.74, 6) is 0. The van der Waals surface area contributed by atoms with Crippen molar-refractivity contribution >= 4 is 65.4 Å². The first-order valence-electron chi connectivity index (χ1n) is 15.7. The smallest absolute Gasteiger partial charge is 0.147 e. The van der Waals surface area contributed by atoms with Gasteiger partial charge in [-0.25, -0.2) is 0 Å². The van der Waals surface area contributed by atoms with Crippen LogP contribution in [0.15, 0.2) is 142 Å². The van der Waals surface area contributed by atoms with Gasteiger partial charge in [-0.2, -0.15) is 0 Å². The molecule has 186 valence electrons. The van der Waals surface area contributed by atoms with Gasteiger partial charge in [0.05, 0.1) is 12.4 Å². The second-order valence-corrected chi connectivity index (χ2v) is 10.0. The Labute approximate surface area is 236 Å². The average molecular weight is 516 g/mol. The molecule has 2 aromatic heterocycles. The Bertz CT molecular complexity index is 2540. The van der Waals surface area contributed by atoms with E-state index in [9.17, 15) is 0 Å². The van der Waals surface area contributed by atoms with Crippen molar-refractivity contribution in [2.75, 3.05) is 0 Å². The molecule has 0 radical (unpaired) electrons. The largest absolute Gasteiger partial charge is 0.455 e. The van der Waals surface area contributed by atoms with Crippen LogP contribution in [0.2, 0.25) is 0 Å². The van der Waals surface area contributed by atoms with Crippen LogP contribution in [-0.2, 0) is 0 Å². The molecule has 9 aromatic rings. The van der Waals surface area contributed by atoms with Crippen molar-refractivity contribution in [3.63, 3.8) is 0 Å². The fourth-order valence-electron chi connectivity index (χ4n) is 6.31. The first-order chi connectivity index (χ1) is 21.9. The Kier molecular flexibility index (Phi) is 3.49. The van der Waals surface area contributed by atoms with Crippen molar-refractivity contribution in [2.24, 2.45) is 0 Å². The molecule has 0 saturated heterocycles. The van der Waals surface area contributed by atoms with Crippen LogP contribution in [0, 0.1) is 0 Å². The van der Waals surface area contributed by atoms with Gasteiger partial charge in [-0.1, -0.05) is 115 Å². The average Bonchev–Trinajstić information content (AvgIpc) is 3.64. The summed E-state index contributed by atoms with van der Waals surface area (Å²) in [6.07, 6.45) is 0. The highest BCUT2D eigenvalue weighted by molar-refractivity contribution is 6.29. The van der Waals surface area contributed by atoms with E-state index in [4.69, 9.17) is 15.7 Å². The van der Waals surface area contributed by atoms with E-state index in [1.165, 1.54) is 0 Å². The van der Waals surface area contributed by atoms with Crippen LogP contribution in [0.25, 0.3) is 87.7 Å². The van der Waals surface area contributed by atoms with E-state index in [0.717, 1.165) is 65.4 Å². The molecule has 0 spiro atoms. The highest BCUT2D eigenvalue weighted by Gasteiger charge is 2.25. The molecule has 0 saturated carbocycles. The van der Waals surface area contributed by atoms with Gasteiger partial charge in [-0.05, 0) is 50.9 Å². The van der Waals surface area contributed by atoms with Crippen LogP contribution in [-0.4, -0.2) is 0 Å². The van der Waals surface area contributed by atoms with Gasteiger partial charge in [-0.15, -0.1) is 0 Å². The van der Waals surface area contributed by atoms with Crippen molar-refractivity contribution in [3.05, 3.63) is 133 Å². The zero-order chi connectivity index (χ0) is 30.6. The Morgan fingerprint density at radius 1 is 0.400 bits per heavy atom. The lowest BCUT2D eigenvalue weighted by molar-refractivity contribution is 0.658. The fourth-order valence-corrected chi connectivity index (χ4v) is 6.31. The minimum atomic E-state index is -0.414. The van der Waals surface area contributed by atoms with Gasteiger partial charge in [0, 0.05) is 27.1 Å². The number of rotatable bonds is 2. The highest BCUT2D eigenvalue weighted by Crippen LogP contribution is 2.50. The van der Waals surface area contributed by atoms with Crippen LogP contribution < -0.4 is 0 Å². The Balaban J connectivity index is 1.55. The molecule has 0 aliphatic heterocycles. The van der Waals surface area contributed by atoms with Crippen LogP contribution in [0.5, 0.6) is 0 Å². The summed E-state index contributed by atoms with van der Waals surface area (Å²) in [4.78, 5) is 0. The fraction of sp³-hybridized carbons (Fsp3) is 0. The third-order valence-electron chi connectivity index (χ3n) is 7.94. The molecule has 7 aromatic carbocycles. The second kappa shape index (κ2) is 8.08. The van der Waals surface area contributed by atoms with E-state index in [1.54, 1.807) is 0 Å². The van der Waals surface area contributed by atoms with Crippen molar-refractivity contribution in [3.8, 4) is 22.3 Å². The SMILES string of the molecule is [2H]c1c([2H])c([2H])c(-c2c3ccccc3c(-c3c4oc5ccccc5c4cc4c3oc3ccccc34)c3ccccc23)c([2H])c1[2H]. The minimum Gasteiger partial charge on any atom is -0.455 e. The van der Waals surface area contributed by atoms with Gasteiger partial charge < -0.3 is 8.83 Å². The van der Waals surface area contributed by atoms with E-state index in [2.05, 4.69) is 18.2 Å². The van der Waals surface area contributed by atoms with Gasteiger partial charge in [-0.3, -0.25) is 0 Å². The van der Waals surface area contributed by atoms with E-state index in [0.29, 0.717) is 16.7 Å². The van der Waals surface area contributed by atoms with E-state index in [1.807, 2.05) is 84.9 Å². The lowest BCUT2D eigenvalue weighted by Crippen LogP contribution is -1.91. The van der Waals surface area contributed by atoms with Crippen molar-refractivity contribution in [1.29, 1.82) is 0 Å². The Morgan fingerprint density at radius 2 is 0.825 bits per heavy atom. The van der Waals surface area contributed by atoms with Gasteiger partial charge in [0.25, 0.3) is 0 Å². The molecule has 0 N–H and O–H groups in total. The molecular weight excluding hydrogens is 488 g/mol. The van der Waals surface area contributed by atoms with E-state index >= 15 is 0 Å². The number of hydrogen-bond donors (Lipinski definition) is 0. The molecule has 2 heterocycles. The third-order valence-corrected chi connectivity index (χ3v) is 7.94. The maximum atomic E-state index is 8.88. The first kappa shape index (κ1) is 17.3. The number of hydrogen-bond acceptors (Lipinski definition) is 2. The minimum absolute atomic E-state index is 0.177. The lowest BCUT2D eigenvalue weighted by atomic mass is 9.85. The molecule has 2 heteroatoms. The standard InChI is InChI=1S/C38H22O2/c1-2-12-23(13-3-1)34-26-16-4-6-18-28(26)35(29-19-7-5-17-27(29)34)36-37-30(24-14-8-10-20-32(24)39-37)22-31-25-15-9-11-21-33(25)40-38(31)36/h1-22H/i1D,2D,3D,12D,13D. The second-order valence-electron chi connectivity index (χ2n) is 10.0. The molecule has 0 aliphatic carbocycles. The van der Waals surface area contributed by atoms with Crippen molar-refractivity contribution in [2.45, 2.75) is 0 Å². The molecule has 0 amide bonds. The topological polar surface area (TPSA) is 26.3 Å². The molecular formula is C38H22O2. The summed E-state index contributed by atoms with van der Waals surface area (Å²) < 4.78 is 56.1. The summed E-state index contributed by atoms with van der Waals surface area (Å²) in [5.41, 5.74) is 5.43. The number of fused-ring (bicyclic) bond motifs is 8. The van der Waals surface area contributed by atoms with Gasteiger partial charge >= 0.3 is 0 Å². The predicted octanol–water partition coefficient (Wildman–Crippen LogP) is 11.1. The van der Waals surface area contributed by atoms with Crippen LogP contribution in [0.4, 0.5) is 0 Å². The van der Waals surface area contributed by atoms with Gasteiger partial charge in [0.15, 0.2) is 0 Å². The monoisotopic (exact) mass is 515 g/mol. The zero-order valence-corrected chi connectivity index (χ0v) is 21.1. The summed E-state index contributed by atoms with van der Waals surface area (Å²) in [7, 11) is 0. The molecule has 2 nitrogen and oxygen atoms in total. The Morgan fingerprint density at radius 3 is 1.32 bits per heavy atom. The molecule has 9 rings (SSSR count). The zero-order valence-electron chi connectivity index (χ0n) is 26.1. The number of benzene rings is 7. The van der Waals surface area contributed by atoms with E-state index < -0.39 is 6.04 Å². The quantitative estimate of drug-likeness (QED) is 0.214. The lowest BCUT2D eigenvalue weighted by Gasteiger charge is -2.18. The molecule has 0 unspecified atom stereocenters. The number of furan rings is 2. The van der Waals surface area contributed by atoms with E-state index in [-0.39, 0.29) is 29.7 Å². The normalized spacial score (nSPS) is 13.8. The molecule has 40 heavy (non-hydrogen) atoms. The van der Waals surface area contributed by atoms with Crippen LogP contribution >= 0.6 is 0 Å². The number of para-hydroxylation sites is 2. The maximum Gasteiger partial charge on any atom is 0.147 e. The molecule has 0 aliphatic rings. The molecule has 0 bridgehead atoms. The summed E-state index contributed by atoms with van der Waals surface area (Å²) in [6, 6.07) is 32.3. The van der Waals surface area contributed by atoms with Crippen molar-refractivity contribution in [1.82, 2.24) is 0 Å². The summed E-state index contributed by atoms with van der Waals surface area (Å²) >= 11 is 0. The van der Waals surface area contributed by atoms with Gasteiger partial charge in [0.1, 0.15) is 22.3 Å². The van der Waals surface area contributed by atoms with Crippen LogP contribution in [0.3, 0.4) is 0 Å². The predicted molar refractivity (Wildman–Crippen MR) is 167 cm³/mol. The third kappa shape index (κ3) is 2.88. The molecule has 0 atom stereocenters. The summed E-state index contributed by atoms with van der Waals surface area (Å²) in [5, 5.41) is 7.20. The summed E-state index contributed by atoms with van der Waals surface area (Å²) in [6.45, 7) is 0. The first-order valence-corrected chi connectivity index (χ1v) is 13.2.